The first-order chi connectivity index (χ1) is 13.2. The molecular weight excluding hydrogens is 354 g/mol. The molecule has 27 heavy (non-hydrogen) atoms. The zero-order valence-electron chi connectivity index (χ0n) is 15.6. The highest BCUT2D eigenvalue weighted by molar-refractivity contribution is 6.30. The third-order valence-electron chi connectivity index (χ3n) is 5.19. The van der Waals surface area contributed by atoms with Gasteiger partial charge in [0, 0.05) is 24.7 Å². The molecule has 1 atom stereocenters. The van der Waals surface area contributed by atoms with E-state index in [0.29, 0.717) is 0 Å². The average molecular weight is 378 g/mol. The van der Waals surface area contributed by atoms with Gasteiger partial charge in [-0.15, -0.1) is 0 Å². The fourth-order valence-electron chi connectivity index (χ4n) is 3.67. The summed E-state index contributed by atoms with van der Waals surface area (Å²) in [6, 6.07) is 25.4. The lowest BCUT2D eigenvalue weighted by molar-refractivity contribution is -0.0329. The number of hydrogen-bond donors (Lipinski definition) is 0. The minimum Gasteiger partial charge on any atom is -0.371 e. The van der Waals surface area contributed by atoms with Crippen LogP contribution in [0.4, 0.5) is 0 Å². The number of morpholine rings is 1. The summed E-state index contributed by atoms with van der Waals surface area (Å²) in [5.41, 5.74) is 6.24. The van der Waals surface area contributed by atoms with Gasteiger partial charge in [-0.2, -0.15) is 0 Å². The molecule has 138 valence electrons. The van der Waals surface area contributed by atoms with Gasteiger partial charge < -0.3 is 4.74 Å². The zero-order chi connectivity index (χ0) is 18.6. The summed E-state index contributed by atoms with van der Waals surface area (Å²) < 4.78 is 5.98. The first-order valence-corrected chi connectivity index (χ1v) is 9.81. The van der Waals surface area contributed by atoms with E-state index in [-0.39, 0.29) is 6.10 Å². The summed E-state index contributed by atoms with van der Waals surface area (Å²) in [6.45, 7) is 5.75. The van der Waals surface area contributed by atoms with E-state index in [1.54, 1.807) is 0 Å². The highest BCUT2D eigenvalue weighted by atomic mass is 35.5. The number of ether oxygens (including phenoxy) is 1. The molecule has 1 heterocycles. The minimum atomic E-state index is 0.160. The number of nitrogens with zero attached hydrogens (tertiary/aromatic N) is 1. The highest BCUT2D eigenvalue weighted by Gasteiger charge is 2.21. The summed E-state index contributed by atoms with van der Waals surface area (Å²) in [5, 5.41) is 0.778. The van der Waals surface area contributed by atoms with Crippen LogP contribution in [-0.2, 0) is 11.3 Å². The SMILES string of the molecule is Cc1ccc(Cl)cc1-c1ccc(CN2CCOC(c3ccccc3)C2)cc1. The molecule has 3 heteroatoms. The second-order valence-corrected chi connectivity index (χ2v) is 7.60. The molecule has 1 unspecified atom stereocenters. The predicted molar refractivity (Wildman–Crippen MR) is 112 cm³/mol. The Morgan fingerprint density at radius 2 is 1.78 bits per heavy atom. The number of benzene rings is 3. The van der Waals surface area contributed by atoms with Crippen LogP contribution in [0.3, 0.4) is 0 Å². The first kappa shape index (κ1) is 18.2. The van der Waals surface area contributed by atoms with E-state index in [4.69, 9.17) is 16.3 Å². The molecule has 4 rings (SSSR count). The van der Waals surface area contributed by atoms with Crippen molar-refractivity contribution in [1.29, 1.82) is 0 Å². The fourth-order valence-corrected chi connectivity index (χ4v) is 3.84. The van der Waals surface area contributed by atoms with Crippen LogP contribution in [0.2, 0.25) is 5.02 Å². The lowest BCUT2D eigenvalue weighted by Gasteiger charge is -2.33. The number of rotatable bonds is 4. The maximum Gasteiger partial charge on any atom is 0.0952 e. The van der Waals surface area contributed by atoms with Crippen molar-refractivity contribution in [2.24, 2.45) is 0 Å². The van der Waals surface area contributed by atoms with Crippen LogP contribution in [0.5, 0.6) is 0 Å². The Balaban J connectivity index is 1.44. The van der Waals surface area contributed by atoms with E-state index in [9.17, 15) is 0 Å². The highest BCUT2D eigenvalue weighted by Crippen LogP contribution is 2.28. The second kappa shape index (κ2) is 8.26. The smallest absolute Gasteiger partial charge is 0.0952 e. The molecule has 1 aliphatic heterocycles. The van der Waals surface area contributed by atoms with Crippen molar-refractivity contribution in [3.8, 4) is 11.1 Å². The number of hydrogen-bond acceptors (Lipinski definition) is 2. The van der Waals surface area contributed by atoms with Gasteiger partial charge in [-0.1, -0.05) is 72.3 Å². The van der Waals surface area contributed by atoms with Crippen molar-refractivity contribution in [2.75, 3.05) is 19.7 Å². The Bertz CT molecular complexity index is 892. The van der Waals surface area contributed by atoms with E-state index in [1.807, 2.05) is 18.2 Å². The molecule has 3 aromatic carbocycles. The van der Waals surface area contributed by atoms with Crippen molar-refractivity contribution in [1.82, 2.24) is 4.90 Å². The lowest BCUT2D eigenvalue weighted by Crippen LogP contribution is -2.37. The van der Waals surface area contributed by atoms with E-state index < -0.39 is 0 Å². The molecule has 1 fully saturated rings. The van der Waals surface area contributed by atoms with Crippen LogP contribution in [0.1, 0.15) is 22.8 Å². The Kier molecular flexibility index (Phi) is 5.58. The Hall–Kier alpha value is -2.13. The van der Waals surface area contributed by atoms with Gasteiger partial charge >= 0.3 is 0 Å². The molecule has 0 radical (unpaired) electrons. The Labute approximate surface area is 166 Å². The van der Waals surface area contributed by atoms with Crippen LogP contribution >= 0.6 is 11.6 Å². The normalized spacial score (nSPS) is 17.8. The molecule has 1 aliphatic rings. The van der Waals surface area contributed by atoms with Gasteiger partial charge in [0.05, 0.1) is 12.7 Å². The number of aryl methyl sites for hydroxylation is 1. The number of halogens is 1. The summed E-state index contributed by atoms with van der Waals surface area (Å²) >= 11 is 6.17. The molecule has 0 bridgehead atoms. The molecule has 0 N–H and O–H groups in total. The van der Waals surface area contributed by atoms with Crippen molar-refractivity contribution in [3.05, 3.63) is 94.5 Å². The van der Waals surface area contributed by atoms with Gasteiger partial charge in [-0.3, -0.25) is 4.90 Å². The molecule has 2 nitrogen and oxygen atoms in total. The van der Waals surface area contributed by atoms with Gasteiger partial charge in [0.25, 0.3) is 0 Å². The van der Waals surface area contributed by atoms with Gasteiger partial charge in [0.1, 0.15) is 0 Å². The summed E-state index contributed by atoms with van der Waals surface area (Å²) in [7, 11) is 0. The maximum atomic E-state index is 6.17. The summed E-state index contributed by atoms with van der Waals surface area (Å²) in [5.74, 6) is 0. The van der Waals surface area contributed by atoms with Gasteiger partial charge in [-0.05, 0) is 46.9 Å². The molecule has 0 spiro atoms. The van der Waals surface area contributed by atoms with E-state index in [0.717, 1.165) is 31.3 Å². The van der Waals surface area contributed by atoms with Crippen molar-refractivity contribution in [3.63, 3.8) is 0 Å². The molecule has 1 saturated heterocycles. The van der Waals surface area contributed by atoms with Gasteiger partial charge in [0.15, 0.2) is 0 Å². The first-order valence-electron chi connectivity index (χ1n) is 9.43. The van der Waals surface area contributed by atoms with E-state index in [2.05, 4.69) is 66.4 Å². The topological polar surface area (TPSA) is 12.5 Å². The lowest BCUT2D eigenvalue weighted by atomic mass is 9.99. The fraction of sp³-hybridized carbons (Fsp3) is 0.250. The molecule has 0 aliphatic carbocycles. The standard InChI is InChI=1S/C24H24ClNO/c1-18-7-12-22(25)15-23(18)20-10-8-19(9-11-20)16-26-13-14-27-24(17-26)21-5-3-2-4-6-21/h2-12,15,24H,13-14,16-17H2,1H3. The summed E-state index contributed by atoms with van der Waals surface area (Å²) in [6.07, 6.45) is 0.160. The predicted octanol–water partition coefficient (Wildman–Crippen LogP) is 5.89. The second-order valence-electron chi connectivity index (χ2n) is 7.16. The average Bonchev–Trinajstić information content (AvgIpc) is 2.71. The van der Waals surface area contributed by atoms with Gasteiger partial charge in [0.2, 0.25) is 0 Å². The van der Waals surface area contributed by atoms with Crippen LogP contribution in [0, 0.1) is 6.92 Å². The van der Waals surface area contributed by atoms with Gasteiger partial charge in [-0.25, -0.2) is 0 Å². The molecule has 3 aromatic rings. The Morgan fingerprint density at radius 1 is 1.00 bits per heavy atom. The third-order valence-corrected chi connectivity index (χ3v) is 5.43. The zero-order valence-corrected chi connectivity index (χ0v) is 16.3. The van der Waals surface area contributed by atoms with E-state index >= 15 is 0 Å². The minimum absolute atomic E-state index is 0.160. The largest absolute Gasteiger partial charge is 0.371 e. The van der Waals surface area contributed by atoms with Crippen LogP contribution < -0.4 is 0 Å². The Morgan fingerprint density at radius 3 is 2.56 bits per heavy atom. The van der Waals surface area contributed by atoms with Crippen LogP contribution in [0.25, 0.3) is 11.1 Å². The maximum absolute atomic E-state index is 6.17. The molecule has 0 amide bonds. The van der Waals surface area contributed by atoms with Crippen molar-refractivity contribution >= 4 is 11.6 Å². The molecule has 0 saturated carbocycles. The van der Waals surface area contributed by atoms with Crippen molar-refractivity contribution in [2.45, 2.75) is 19.6 Å². The monoisotopic (exact) mass is 377 g/mol. The van der Waals surface area contributed by atoms with E-state index in [1.165, 1.54) is 27.8 Å². The third kappa shape index (κ3) is 4.41. The molecular formula is C24H24ClNO. The van der Waals surface area contributed by atoms with Crippen LogP contribution in [-0.4, -0.2) is 24.6 Å². The molecule has 0 aromatic heterocycles. The summed E-state index contributed by atoms with van der Waals surface area (Å²) in [4.78, 5) is 2.47. The van der Waals surface area contributed by atoms with Crippen LogP contribution in [0.15, 0.2) is 72.8 Å². The van der Waals surface area contributed by atoms with Crippen molar-refractivity contribution < 1.29 is 4.74 Å². The quantitative estimate of drug-likeness (QED) is 0.562.